The number of nitrogens with one attached hydrogen (secondary N) is 1. The average molecular weight is 349 g/mol. The molecule has 5 nitrogen and oxygen atoms in total. The third-order valence-electron chi connectivity index (χ3n) is 4.54. The number of hydrogen-bond acceptors (Lipinski definition) is 3. The summed E-state index contributed by atoms with van der Waals surface area (Å²) < 4.78 is 7.06. The molecule has 1 heterocycles. The van der Waals surface area contributed by atoms with Crippen molar-refractivity contribution in [3.8, 4) is 5.75 Å². The highest BCUT2D eigenvalue weighted by Crippen LogP contribution is 2.21. The Labute approximate surface area is 153 Å². The minimum atomic E-state index is -0.123. The standard InChI is InChI=1S/C21H23N3O2/c1-14-20(15(2)24(3)23-14)9-10-21(25)22-13-16-5-6-18-12-19(26-4)8-7-17(18)11-16/h5-12H,13H2,1-4H3,(H,22,25). The smallest absolute Gasteiger partial charge is 0.244 e. The van der Waals surface area contributed by atoms with E-state index in [4.69, 9.17) is 4.74 Å². The second kappa shape index (κ2) is 7.44. The molecule has 0 aliphatic heterocycles. The molecule has 0 atom stereocenters. The lowest BCUT2D eigenvalue weighted by Crippen LogP contribution is -2.20. The minimum Gasteiger partial charge on any atom is -0.497 e. The molecule has 0 radical (unpaired) electrons. The van der Waals surface area contributed by atoms with Crippen molar-refractivity contribution in [2.45, 2.75) is 20.4 Å². The van der Waals surface area contributed by atoms with Gasteiger partial charge in [0.05, 0.1) is 12.8 Å². The summed E-state index contributed by atoms with van der Waals surface area (Å²) in [7, 11) is 3.56. The van der Waals surface area contributed by atoms with Gasteiger partial charge in [0.25, 0.3) is 0 Å². The van der Waals surface area contributed by atoms with Crippen LogP contribution < -0.4 is 10.1 Å². The van der Waals surface area contributed by atoms with E-state index < -0.39 is 0 Å². The maximum Gasteiger partial charge on any atom is 0.244 e. The Hall–Kier alpha value is -3.08. The van der Waals surface area contributed by atoms with Gasteiger partial charge in [0, 0.05) is 30.9 Å². The van der Waals surface area contributed by atoms with Crippen LogP contribution in [0.2, 0.25) is 0 Å². The first-order chi connectivity index (χ1) is 12.5. The molecular weight excluding hydrogens is 326 g/mol. The largest absolute Gasteiger partial charge is 0.497 e. The van der Waals surface area contributed by atoms with Gasteiger partial charge in [-0.3, -0.25) is 9.48 Å². The van der Waals surface area contributed by atoms with E-state index in [-0.39, 0.29) is 5.91 Å². The average Bonchev–Trinajstić information content (AvgIpc) is 2.89. The quantitative estimate of drug-likeness (QED) is 0.717. The van der Waals surface area contributed by atoms with Crippen molar-refractivity contribution in [1.82, 2.24) is 15.1 Å². The highest BCUT2D eigenvalue weighted by Gasteiger charge is 2.06. The van der Waals surface area contributed by atoms with Crippen LogP contribution in [0.3, 0.4) is 0 Å². The van der Waals surface area contributed by atoms with Crippen LogP contribution in [-0.2, 0) is 18.4 Å². The van der Waals surface area contributed by atoms with Gasteiger partial charge in [0.2, 0.25) is 5.91 Å². The first-order valence-electron chi connectivity index (χ1n) is 8.50. The number of carbonyl (C=O) groups is 1. The second-order valence-electron chi connectivity index (χ2n) is 6.31. The van der Waals surface area contributed by atoms with Crippen LogP contribution in [0, 0.1) is 13.8 Å². The van der Waals surface area contributed by atoms with Gasteiger partial charge < -0.3 is 10.1 Å². The molecule has 0 spiro atoms. The molecule has 0 unspecified atom stereocenters. The van der Waals surface area contributed by atoms with Gasteiger partial charge in [0.15, 0.2) is 0 Å². The molecule has 2 aromatic carbocycles. The molecule has 1 N–H and O–H groups in total. The molecule has 0 saturated heterocycles. The van der Waals surface area contributed by atoms with Crippen LogP contribution >= 0.6 is 0 Å². The molecule has 5 heteroatoms. The first-order valence-corrected chi connectivity index (χ1v) is 8.50. The van der Waals surface area contributed by atoms with E-state index >= 15 is 0 Å². The molecule has 0 aliphatic carbocycles. The number of methoxy groups -OCH3 is 1. The fraction of sp³-hybridized carbons (Fsp3) is 0.238. The topological polar surface area (TPSA) is 56.1 Å². The normalized spacial score (nSPS) is 11.2. The molecule has 1 amide bonds. The molecule has 0 saturated carbocycles. The zero-order valence-electron chi connectivity index (χ0n) is 15.5. The van der Waals surface area contributed by atoms with Gasteiger partial charge in [-0.15, -0.1) is 0 Å². The fourth-order valence-corrected chi connectivity index (χ4v) is 2.95. The molecule has 134 valence electrons. The number of hydrogen-bond donors (Lipinski definition) is 1. The summed E-state index contributed by atoms with van der Waals surface area (Å²) in [5.74, 6) is 0.715. The highest BCUT2D eigenvalue weighted by molar-refractivity contribution is 5.92. The predicted octanol–water partition coefficient (Wildman–Crippen LogP) is 3.53. The SMILES string of the molecule is COc1ccc2cc(CNC(=O)C=Cc3c(C)nn(C)c3C)ccc2c1. The van der Waals surface area contributed by atoms with E-state index in [2.05, 4.69) is 16.5 Å². The number of aryl methyl sites for hydroxylation is 2. The van der Waals surface area contributed by atoms with Crippen molar-refractivity contribution in [2.75, 3.05) is 7.11 Å². The highest BCUT2D eigenvalue weighted by atomic mass is 16.5. The molecule has 0 bridgehead atoms. The molecule has 3 aromatic rings. The lowest BCUT2D eigenvalue weighted by molar-refractivity contribution is -0.116. The van der Waals surface area contributed by atoms with Crippen molar-refractivity contribution in [3.05, 3.63) is 65.0 Å². The van der Waals surface area contributed by atoms with E-state index in [1.54, 1.807) is 13.2 Å². The second-order valence-corrected chi connectivity index (χ2v) is 6.31. The number of fused-ring (bicyclic) bond motifs is 1. The van der Waals surface area contributed by atoms with Crippen molar-refractivity contribution >= 4 is 22.8 Å². The lowest BCUT2D eigenvalue weighted by atomic mass is 10.1. The van der Waals surface area contributed by atoms with Gasteiger partial charge in [0.1, 0.15) is 5.75 Å². The van der Waals surface area contributed by atoms with E-state index in [1.807, 2.05) is 62.0 Å². The van der Waals surface area contributed by atoms with Gasteiger partial charge in [-0.25, -0.2) is 0 Å². The Morgan fingerprint density at radius 2 is 1.92 bits per heavy atom. The fourth-order valence-electron chi connectivity index (χ4n) is 2.95. The number of carbonyl (C=O) groups excluding carboxylic acids is 1. The first kappa shape index (κ1) is 17.7. The van der Waals surface area contributed by atoms with Gasteiger partial charge in [-0.05, 0) is 54.5 Å². The number of aromatic nitrogens is 2. The number of benzene rings is 2. The summed E-state index contributed by atoms with van der Waals surface area (Å²) in [5.41, 5.74) is 4.00. The summed E-state index contributed by atoms with van der Waals surface area (Å²) >= 11 is 0. The zero-order valence-corrected chi connectivity index (χ0v) is 15.5. The third kappa shape index (κ3) is 3.77. The summed E-state index contributed by atoms with van der Waals surface area (Å²) in [6.45, 7) is 4.41. The Morgan fingerprint density at radius 3 is 2.62 bits per heavy atom. The summed E-state index contributed by atoms with van der Waals surface area (Å²) in [4.78, 5) is 12.1. The van der Waals surface area contributed by atoms with Crippen LogP contribution in [0.5, 0.6) is 5.75 Å². The third-order valence-corrected chi connectivity index (χ3v) is 4.54. The predicted molar refractivity (Wildman–Crippen MR) is 104 cm³/mol. The zero-order chi connectivity index (χ0) is 18.7. The van der Waals surface area contributed by atoms with Crippen LogP contribution in [0.15, 0.2) is 42.5 Å². The van der Waals surface area contributed by atoms with E-state index in [1.165, 1.54) is 0 Å². The number of amides is 1. The summed E-state index contributed by atoms with van der Waals surface area (Å²) in [6, 6.07) is 12.1. The van der Waals surface area contributed by atoms with Gasteiger partial charge >= 0.3 is 0 Å². The minimum absolute atomic E-state index is 0.123. The van der Waals surface area contributed by atoms with Crippen molar-refractivity contribution in [3.63, 3.8) is 0 Å². The maximum atomic E-state index is 12.1. The Kier molecular flexibility index (Phi) is 5.07. The summed E-state index contributed by atoms with van der Waals surface area (Å²) in [6.07, 6.45) is 3.38. The van der Waals surface area contributed by atoms with Crippen molar-refractivity contribution in [2.24, 2.45) is 7.05 Å². The number of nitrogens with zero attached hydrogens (tertiary/aromatic N) is 2. The van der Waals surface area contributed by atoms with E-state index in [0.29, 0.717) is 6.54 Å². The monoisotopic (exact) mass is 349 g/mol. The molecule has 0 fully saturated rings. The van der Waals surface area contributed by atoms with Gasteiger partial charge in [-0.1, -0.05) is 18.2 Å². The lowest BCUT2D eigenvalue weighted by Gasteiger charge is -2.06. The number of ether oxygens (including phenoxy) is 1. The van der Waals surface area contributed by atoms with Crippen LogP contribution in [-0.4, -0.2) is 22.8 Å². The molecule has 3 rings (SSSR count). The van der Waals surface area contributed by atoms with Gasteiger partial charge in [-0.2, -0.15) is 5.10 Å². The Morgan fingerprint density at radius 1 is 1.19 bits per heavy atom. The molecule has 0 aliphatic rings. The van der Waals surface area contributed by atoms with Crippen LogP contribution in [0.1, 0.15) is 22.5 Å². The van der Waals surface area contributed by atoms with Crippen LogP contribution in [0.4, 0.5) is 0 Å². The van der Waals surface area contributed by atoms with Crippen LogP contribution in [0.25, 0.3) is 16.8 Å². The van der Waals surface area contributed by atoms with E-state index in [9.17, 15) is 4.79 Å². The molecular formula is C21H23N3O2. The van der Waals surface area contributed by atoms with Crippen molar-refractivity contribution < 1.29 is 9.53 Å². The Bertz CT molecular complexity index is 986. The molecule has 1 aromatic heterocycles. The number of rotatable bonds is 5. The molecule has 26 heavy (non-hydrogen) atoms. The maximum absolute atomic E-state index is 12.1. The van der Waals surface area contributed by atoms with E-state index in [0.717, 1.165) is 39.0 Å². The summed E-state index contributed by atoms with van der Waals surface area (Å²) in [5, 5.41) is 9.51. The van der Waals surface area contributed by atoms with Crippen molar-refractivity contribution in [1.29, 1.82) is 0 Å². The Balaban J connectivity index is 1.65.